The number of thiazole rings is 1. The molecule has 1 saturated carbocycles. The van der Waals surface area contributed by atoms with Crippen molar-refractivity contribution in [1.29, 1.82) is 0 Å². The number of fused-ring (bicyclic) bond motifs is 1. The molecule has 1 fully saturated rings. The maximum absolute atomic E-state index is 12.2. The Morgan fingerprint density at radius 1 is 1.40 bits per heavy atom. The van der Waals surface area contributed by atoms with Crippen molar-refractivity contribution in [3.05, 3.63) is 28.8 Å². The molecule has 0 amide bonds. The molecule has 3 rings (SSSR count). The van der Waals surface area contributed by atoms with E-state index >= 15 is 0 Å². The van der Waals surface area contributed by atoms with Crippen molar-refractivity contribution >= 4 is 27.5 Å². The van der Waals surface area contributed by atoms with E-state index in [-0.39, 0.29) is 11.9 Å². The van der Waals surface area contributed by atoms with Crippen LogP contribution in [0.5, 0.6) is 0 Å². The first-order valence-corrected chi connectivity index (χ1v) is 7.95. The monoisotopic (exact) mass is 289 g/mol. The van der Waals surface area contributed by atoms with Gasteiger partial charge in [0.15, 0.2) is 0 Å². The molecule has 1 aliphatic carbocycles. The van der Waals surface area contributed by atoms with Crippen molar-refractivity contribution in [3.63, 3.8) is 0 Å². The van der Waals surface area contributed by atoms with Gasteiger partial charge in [0, 0.05) is 0 Å². The van der Waals surface area contributed by atoms with E-state index in [4.69, 9.17) is 9.72 Å². The second kappa shape index (κ2) is 5.52. The molecule has 1 atom stereocenters. The SMILES string of the molecule is COC(=O)C(c1nc2cc(C)ccc2s1)C1CCCC1. The number of aryl methyl sites for hydroxylation is 1. The third-order valence-electron chi connectivity index (χ3n) is 4.15. The third-order valence-corrected chi connectivity index (χ3v) is 5.27. The Morgan fingerprint density at radius 2 is 2.15 bits per heavy atom. The third kappa shape index (κ3) is 2.44. The Morgan fingerprint density at radius 3 is 2.85 bits per heavy atom. The molecule has 2 aromatic rings. The highest BCUT2D eigenvalue weighted by Gasteiger charge is 2.35. The van der Waals surface area contributed by atoms with Crippen LogP contribution in [0, 0.1) is 12.8 Å². The minimum absolute atomic E-state index is 0.132. The summed E-state index contributed by atoms with van der Waals surface area (Å²) in [5.41, 5.74) is 2.20. The van der Waals surface area contributed by atoms with Crippen molar-refractivity contribution in [1.82, 2.24) is 4.98 Å². The largest absolute Gasteiger partial charge is 0.468 e. The van der Waals surface area contributed by atoms with Crippen molar-refractivity contribution in [2.45, 2.75) is 38.5 Å². The number of hydrogen-bond acceptors (Lipinski definition) is 4. The Balaban J connectivity index is 2.01. The van der Waals surface area contributed by atoms with Gasteiger partial charge in [0.2, 0.25) is 0 Å². The lowest BCUT2D eigenvalue weighted by atomic mass is 9.91. The van der Waals surface area contributed by atoms with E-state index in [0.29, 0.717) is 5.92 Å². The highest BCUT2D eigenvalue weighted by molar-refractivity contribution is 7.18. The lowest BCUT2D eigenvalue weighted by Crippen LogP contribution is -2.21. The lowest BCUT2D eigenvalue weighted by Gasteiger charge is -2.18. The smallest absolute Gasteiger partial charge is 0.315 e. The van der Waals surface area contributed by atoms with Crippen LogP contribution < -0.4 is 0 Å². The van der Waals surface area contributed by atoms with Crippen LogP contribution >= 0.6 is 11.3 Å². The molecule has 20 heavy (non-hydrogen) atoms. The van der Waals surface area contributed by atoms with Gasteiger partial charge in [-0.3, -0.25) is 4.79 Å². The van der Waals surface area contributed by atoms with Gasteiger partial charge in [-0.1, -0.05) is 18.9 Å². The molecule has 0 aliphatic heterocycles. The second-order valence-electron chi connectivity index (χ2n) is 5.57. The molecule has 0 bridgehead atoms. The standard InChI is InChI=1S/C16H19NO2S/c1-10-7-8-13-12(9-10)17-15(20-13)14(16(18)19-2)11-5-3-4-6-11/h7-9,11,14H,3-6H2,1-2H3. The van der Waals surface area contributed by atoms with Gasteiger partial charge in [-0.2, -0.15) is 0 Å². The Labute approximate surface area is 123 Å². The van der Waals surface area contributed by atoms with Crippen LogP contribution in [-0.4, -0.2) is 18.1 Å². The zero-order chi connectivity index (χ0) is 14.1. The van der Waals surface area contributed by atoms with E-state index < -0.39 is 0 Å². The maximum atomic E-state index is 12.2. The summed E-state index contributed by atoms with van der Waals surface area (Å²) < 4.78 is 6.18. The molecule has 1 aliphatic rings. The number of benzene rings is 1. The topological polar surface area (TPSA) is 39.2 Å². The van der Waals surface area contributed by atoms with Crippen LogP contribution in [0.15, 0.2) is 18.2 Å². The van der Waals surface area contributed by atoms with Crippen LogP contribution in [0.1, 0.15) is 42.2 Å². The van der Waals surface area contributed by atoms with E-state index in [1.165, 1.54) is 25.5 Å². The number of carbonyl (C=O) groups excluding carboxylic acids is 1. The highest BCUT2D eigenvalue weighted by Crippen LogP contribution is 2.40. The van der Waals surface area contributed by atoms with Gasteiger partial charge in [-0.05, 0) is 43.4 Å². The average Bonchev–Trinajstić information content (AvgIpc) is 3.07. The van der Waals surface area contributed by atoms with E-state index in [2.05, 4.69) is 25.1 Å². The van der Waals surface area contributed by atoms with Gasteiger partial charge in [-0.15, -0.1) is 11.3 Å². The normalized spacial score (nSPS) is 17.5. The molecule has 1 aromatic carbocycles. The fraction of sp³-hybridized carbons (Fsp3) is 0.500. The predicted octanol–water partition coefficient (Wildman–Crippen LogP) is 4.05. The van der Waals surface area contributed by atoms with E-state index in [0.717, 1.165) is 28.1 Å². The van der Waals surface area contributed by atoms with Gasteiger partial charge in [0.05, 0.1) is 17.3 Å². The Hall–Kier alpha value is -1.42. The minimum atomic E-state index is -0.180. The number of esters is 1. The van der Waals surface area contributed by atoms with Crippen molar-refractivity contribution in [3.8, 4) is 0 Å². The first-order chi connectivity index (χ1) is 9.69. The first kappa shape index (κ1) is 13.6. The van der Waals surface area contributed by atoms with Gasteiger partial charge in [0.25, 0.3) is 0 Å². The lowest BCUT2D eigenvalue weighted by molar-refractivity contribution is -0.143. The number of rotatable bonds is 3. The summed E-state index contributed by atoms with van der Waals surface area (Å²) in [5.74, 6) is 0.0805. The number of nitrogens with zero attached hydrogens (tertiary/aromatic N) is 1. The molecule has 0 N–H and O–H groups in total. The van der Waals surface area contributed by atoms with Crippen LogP contribution in [0.3, 0.4) is 0 Å². The Bertz CT molecular complexity index is 628. The quantitative estimate of drug-likeness (QED) is 0.800. The molecule has 3 nitrogen and oxygen atoms in total. The molecule has 1 aromatic heterocycles. The second-order valence-corrected chi connectivity index (χ2v) is 6.63. The molecule has 106 valence electrons. The summed E-state index contributed by atoms with van der Waals surface area (Å²) in [6.45, 7) is 2.06. The highest BCUT2D eigenvalue weighted by atomic mass is 32.1. The van der Waals surface area contributed by atoms with E-state index in [9.17, 15) is 4.79 Å². The van der Waals surface area contributed by atoms with Gasteiger partial charge in [0.1, 0.15) is 10.9 Å². The molecular formula is C16H19NO2S. The van der Waals surface area contributed by atoms with Gasteiger partial charge < -0.3 is 4.74 Å². The Kier molecular flexibility index (Phi) is 3.74. The van der Waals surface area contributed by atoms with Crippen LogP contribution in [0.4, 0.5) is 0 Å². The summed E-state index contributed by atoms with van der Waals surface area (Å²) in [6.07, 6.45) is 4.63. The van der Waals surface area contributed by atoms with Crippen molar-refractivity contribution in [2.75, 3.05) is 7.11 Å². The molecule has 0 spiro atoms. The number of methoxy groups -OCH3 is 1. The zero-order valence-electron chi connectivity index (χ0n) is 11.9. The summed E-state index contributed by atoms with van der Waals surface area (Å²) in [5, 5.41) is 0.921. The van der Waals surface area contributed by atoms with Gasteiger partial charge >= 0.3 is 5.97 Å². The number of aromatic nitrogens is 1. The molecule has 4 heteroatoms. The van der Waals surface area contributed by atoms with Crippen LogP contribution in [0.25, 0.3) is 10.2 Å². The molecule has 0 radical (unpaired) electrons. The number of carbonyl (C=O) groups is 1. The minimum Gasteiger partial charge on any atom is -0.468 e. The number of ether oxygens (including phenoxy) is 1. The van der Waals surface area contributed by atoms with Crippen LogP contribution in [0.2, 0.25) is 0 Å². The van der Waals surface area contributed by atoms with Gasteiger partial charge in [-0.25, -0.2) is 4.98 Å². The zero-order valence-corrected chi connectivity index (χ0v) is 12.7. The fourth-order valence-corrected chi connectivity index (χ4v) is 4.23. The van der Waals surface area contributed by atoms with Crippen molar-refractivity contribution < 1.29 is 9.53 Å². The molecule has 0 saturated heterocycles. The first-order valence-electron chi connectivity index (χ1n) is 7.14. The summed E-state index contributed by atoms with van der Waals surface area (Å²) in [6, 6.07) is 6.26. The summed E-state index contributed by atoms with van der Waals surface area (Å²) >= 11 is 1.63. The summed E-state index contributed by atoms with van der Waals surface area (Å²) in [7, 11) is 1.47. The molecule has 1 heterocycles. The maximum Gasteiger partial charge on any atom is 0.315 e. The predicted molar refractivity (Wildman–Crippen MR) is 81.1 cm³/mol. The van der Waals surface area contributed by atoms with Crippen molar-refractivity contribution in [2.24, 2.45) is 5.92 Å². The average molecular weight is 289 g/mol. The van der Waals surface area contributed by atoms with E-state index in [1.54, 1.807) is 11.3 Å². The van der Waals surface area contributed by atoms with E-state index in [1.807, 2.05) is 0 Å². The van der Waals surface area contributed by atoms with Crippen LogP contribution in [-0.2, 0) is 9.53 Å². The molecule has 1 unspecified atom stereocenters. The summed E-state index contributed by atoms with van der Waals surface area (Å²) in [4.78, 5) is 16.9. The fourth-order valence-electron chi connectivity index (χ4n) is 3.10. The molecular weight excluding hydrogens is 270 g/mol. The number of hydrogen-bond donors (Lipinski definition) is 0.